The van der Waals surface area contributed by atoms with Gasteiger partial charge in [0.25, 0.3) is 0 Å². The first-order chi connectivity index (χ1) is 9.35. The van der Waals surface area contributed by atoms with Gasteiger partial charge in [0.15, 0.2) is 5.82 Å². The fraction of sp³-hybridized carbons (Fsp3) is 0.429. The van der Waals surface area contributed by atoms with Gasteiger partial charge in [-0.05, 0) is 24.3 Å². The molecule has 0 unspecified atom stereocenters. The highest BCUT2D eigenvalue weighted by molar-refractivity contribution is 7.09. The Hall–Kier alpha value is -1.46. The summed E-state index contributed by atoms with van der Waals surface area (Å²) in [6.45, 7) is 6.21. The maximum Gasteiger partial charge on any atom is 0.240 e. The van der Waals surface area contributed by atoms with E-state index < -0.39 is 0 Å². The third-order valence-corrected chi connectivity index (χ3v) is 3.99. The van der Waals surface area contributed by atoms with E-state index in [1.807, 2.05) is 6.08 Å². The molecule has 0 atom stereocenters. The van der Waals surface area contributed by atoms with E-state index in [0.717, 1.165) is 18.9 Å². The fourth-order valence-electron chi connectivity index (χ4n) is 2.02. The average molecular weight is 275 g/mol. The molecule has 2 heterocycles. The molecule has 0 aromatic carbocycles. The summed E-state index contributed by atoms with van der Waals surface area (Å²) >= 11 is 1.77. The van der Waals surface area contributed by atoms with E-state index in [2.05, 4.69) is 39.1 Å². The van der Waals surface area contributed by atoms with Gasteiger partial charge in [0, 0.05) is 23.9 Å². The summed E-state index contributed by atoms with van der Waals surface area (Å²) in [4.78, 5) is 8.06. The molecule has 1 saturated carbocycles. The van der Waals surface area contributed by atoms with Crippen LogP contribution in [0.15, 0.2) is 34.7 Å². The van der Waals surface area contributed by atoms with Gasteiger partial charge in [-0.25, -0.2) is 0 Å². The summed E-state index contributed by atoms with van der Waals surface area (Å²) in [7, 11) is 0. The van der Waals surface area contributed by atoms with Gasteiger partial charge in [-0.15, -0.1) is 17.9 Å². The number of aromatic nitrogens is 2. The van der Waals surface area contributed by atoms with Crippen molar-refractivity contribution >= 4 is 11.3 Å². The summed E-state index contributed by atoms with van der Waals surface area (Å²) < 4.78 is 5.33. The molecule has 2 aromatic rings. The van der Waals surface area contributed by atoms with E-state index >= 15 is 0 Å². The zero-order valence-corrected chi connectivity index (χ0v) is 11.6. The number of rotatable bonds is 7. The van der Waals surface area contributed by atoms with Crippen LogP contribution in [0.3, 0.4) is 0 Å². The second-order valence-corrected chi connectivity index (χ2v) is 5.89. The Morgan fingerprint density at radius 1 is 1.47 bits per heavy atom. The summed E-state index contributed by atoms with van der Waals surface area (Å²) in [6.07, 6.45) is 4.31. The van der Waals surface area contributed by atoms with Crippen molar-refractivity contribution in [2.24, 2.45) is 0 Å². The van der Waals surface area contributed by atoms with Gasteiger partial charge in [0.2, 0.25) is 5.89 Å². The minimum absolute atomic E-state index is 0.544. The molecule has 1 fully saturated rings. The van der Waals surface area contributed by atoms with Crippen molar-refractivity contribution in [3.8, 4) is 0 Å². The molecule has 0 saturated heterocycles. The molecule has 0 radical (unpaired) electrons. The fourth-order valence-corrected chi connectivity index (χ4v) is 2.77. The van der Waals surface area contributed by atoms with Crippen LogP contribution in [0.1, 0.15) is 35.4 Å². The van der Waals surface area contributed by atoms with Crippen LogP contribution in [0.5, 0.6) is 0 Å². The van der Waals surface area contributed by atoms with E-state index in [-0.39, 0.29) is 0 Å². The highest BCUT2D eigenvalue weighted by atomic mass is 32.1. The summed E-state index contributed by atoms with van der Waals surface area (Å²) in [6, 6.07) is 4.22. The number of nitrogens with zero attached hydrogens (tertiary/aromatic N) is 3. The molecule has 0 aliphatic heterocycles. The topological polar surface area (TPSA) is 42.2 Å². The smallest absolute Gasteiger partial charge is 0.240 e. The van der Waals surface area contributed by atoms with Gasteiger partial charge in [-0.2, -0.15) is 4.98 Å². The van der Waals surface area contributed by atoms with E-state index in [0.29, 0.717) is 18.4 Å². The quantitative estimate of drug-likeness (QED) is 0.728. The van der Waals surface area contributed by atoms with Crippen LogP contribution in [-0.4, -0.2) is 21.6 Å². The third kappa shape index (κ3) is 3.30. The predicted molar refractivity (Wildman–Crippen MR) is 74.9 cm³/mol. The number of hydrogen-bond donors (Lipinski definition) is 0. The van der Waals surface area contributed by atoms with Crippen molar-refractivity contribution in [3.63, 3.8) is 0 Å². The maximum atomic E-state index is 5.33. The first kappa shape index (κ1) is 12.6. The Labute approximate surface area is 116 Å². The predicted octanol–water partition coefficient (Wildman–Crippen LogP) is 3.20. The molecule has 100 valence electrons. The van der Waals surface area contributed by atoms with E-state index in [4.69, 9.17) is 4.52 Å². The van der Waals surface area contributed by atoms with Crippen LogP contribution >= 0.6 is 11.3 Å². The summed E-state index contributed by atoms with van der Waals surface area (Å²) in [5.41, 5.74) is 0. The lowest BCUT2D eigenvalue weighted by molar-refractivity contribution is 0.240. The SMILES string of the molecule is C=CCN(Cc1nc(C2CC2)no1)Cc1cccs1. The van der Waals surface area contributed by atoms with Crippen LogP contribution in [0.4, 0.5) is 0 Å². The molecule has 2 aromatic heterocycles. The van der Waals surface area contributed by atoms with Crippen molar-refractivity contribution in [1.82, 2.24) is 15.0 Å². The molecule has 5 heteroatoms. The van der Waals surface area contributed by atoms with Gasteiger partial charge < -0.3 is 4.52 Å². The Bertz CT molecular complexity index is 531. The van der Waals surface area contributed by atoms with Crippen molar-refractivity contribution < 1.29 is 4.52 Å². The third-order valence-electron chi connectivity index (χ3n) is 3.13. The van der Waals surface area contributed by atoms with Crippen LogP contribution in [0.25, 0.3) is 0 Å². The average Bonchev–Trinajstić information content (AvgIpc) is 2.93. The molecule has 0 N–H and O–H groups in total. The highest BCUT2D eigenvalue weighted by Gasteiger charge is 2.28. The zero-order chi connectivity index (χ0) is 13.1. The van der Waals surface area contributed by atoms with Crippen LogP contribution < -0.4 is 0 Å². The minimum Gasteiger partial charge on any atom is -0.338 e. The zero-order valence-electron chi connectivity index (χ0n) is 10.8. The van der Waals surface area contributed by atoms with Gasteiger partial charge in [0.1, 0.15) is 0 Å². The summed E-state index contributed by atoms with van der Waals surface area (Å²) in [5, 5.41) is 6.15. The highest BCUT2D eigenvalue weighted by Crippen LogP contribution is 2.38. The Kier molecular flexibility index (Phi) is 3.75. The van der Waals surface area contributed by atoms with E-state index in [1.54, 1.807) is 11.3 Å². The Morgan fingerprint density at radius 3 is 3.05 bits per heavy atom. The molecular weight excluding hydrogens is 258 g/mol. The van der Waals surface area contributed by atoms with Gasteiger partial charge >= 0.3 is 0 Å². The van der Waals surface area contributed by atoms with Crippen LogP contribution in [-0.2, 0) is 13.1 Å². The van der Waals surface area contributed by atoms with Gasteiger partial charge in [0.05, 0.1) is 6.54 Å². The molecule has 0 amide bonds. The molecule has 1 aliphatic rings. The van der Waals surface area contributed by atoms with Crippen LogP contribution in [0.2, 0.25) is 0 Å². The van der Waals surface area contributed by atoms with Crippen molar-refractivity contribution in [2.45, 2.75) is 31.8 Å². The lowest BCUT2D eigenvalue weighted by Gasteiger charge is -2.17. The molecule has 1 aliphatic carbocycles. The number of hydrogen-bond acceptors (Lipinski definition) is 5. The Morgan fingerprint density at radius 2 is 2.37 bits per heavy atom. The molecule has 4 nitrogen and oxygen atoms in total. The molecule has 19 heavy (non-hydrogen) atoms. The largest absolute Gasteiger partial charge is 0.338 e. The van der Waals surface area contributed by atoms with E-state index in [9.17, 15) is 0 Å². The summed E-state index contributed by atoms with van der Waals surface area (Å²) in [5.74, 6) is 2.13. The molecular formula is C14H17N3OS. The molecule has 0 bridgehead atoms. The van der Waals surface area contributed by atoms with Crippen molar-refractivity contribution in [1.29, 1.82) is 0 Å². The van der Waals surface area contributed by atoms with Crippen molar-refractivity contribution in [3.05, 3.63) is 46.8 Å². The number of thiophene rings is 1. The van der Waals surface area contributed by atoms with Gasteiger partial charge in [-0.3, -0.25) is 4.90 Å². The lowest BCUT2D eigenvalue weighted by Crippen LogP contribution is -2.22. The van der Waals surface area contributed by atoms with Crippen LogP contribution in [0, 0.1) is 0 Å². The molecule has 3 rings (SSSR count). The molecule has 0 spiro atoms. The monoisotopic (exact) mass is 275 g/mol. The standard InChI is InChI=1S/C14H17N3OS/c1-2-7-17(9-12-4-3-8-19-12)10-13-15-14(16-18-13)11-5-6-11/h2-4,8,11H,1,5-7,9-10H2. The second-order valence-electron chi connectivity index (χ2n) is 4.86. The lowest BCUT2D eigenvalue weighted by atomic mass is 10.4. The van der Waals surface area contributed by atoms with Gasteiger partial charge in [-0.1, -0.05) is 17.3 Å². The second kappa shape index (κ2) is 5.67. The maximum absolute atomic E-state index is 5.33. The van der Waals surface area contributed by atoms with E-state index in [1.165, 1.54) is 17.7 Å². The first-order valence-electron chi connectivity index (χ1n) is 6.53. The minimum atomic E-state index is 0.544. The van der Waals surface area contributed by atoms with Crippen molar-refractivity contribution in [2.75, 3.05) is 6.54 Å². The Balaban J connectivity index is 1.63. The first-order valence-corrected chi connectivity index (χ1v) is 7.41. The normalized spacial score (nSPS) is 15.0.